The number of fused-ring (bicyclic) bond motifs is 1. The molecular weight excluding hydrogens is 453 g/mol. The molecule has 0 aromatic heterocycles. The molecule has 1 atom stereocenters. The first-order valence-electron chi connectivity index (χ1n) is 9.56. The minimum Gasteiger partial charge on any atom is -0.326 e. The van der Waals surface area contributed by atoms with Crippen LogP contribution in [-0.4, -0.2) is 25.5 Å². The highest BCUT2D eigenvalue weighted by molar-refractivity contribution is 8.01. The van der Waals surface area contributed by atoms with Gasteiger partial charge in [-0.2, -0.15) is 0 Å². The second-order valence-corrected chi connectivity index (χ2v) is 9.88. The normalized spacial score (nSPS) is 15.4. The molecule has 3 aromatic rings. The van der Waals surface area contributed by atoms with Crippen molar-refractivity contribution in [2.24, 2.45) is 0 Å². The molecule has 0 saturated heterocycles. The average molecular weight is 472 g/mol. The lowest BCUT2D eigenvalue weighted by molar-refractivity contribution is -0.120. The molecule has 4 rings (SSSR count). The zero-order chi connectivity index (χ0) is 22.7. The molecule has 0 spiro atoms. The predicted octanol–water partition coefficient (Wildman–Crippen LogP) is 4.07. The van der Waals surface area contributed by atoms with Crippen LogP contribution in [0.2, 0.25) is 0 Å². The Balaban J connectivity index is 1.44. The first-order valence-corrected chi connectivity index (χ1v) is 11.9. The SMILES string of the molecule is O=C(C[C@H]1Sc2ccccc2NC1=O)Nc1cccc(S(=O)(=O)Nc2ccccc2F)c1. The Morgan fingerprint density at radius 2 is 1.78 bits per heavy atom. The summed E-state index contributed by atoms with van der Waals surface area (Å²) in [5.41, 5.74) is 0.773. The van der Waals surface area contributed by atoms with E-state index in [9.17, 15) is 22.4 Å². The molecule has 1 aliphatic rings. The number of hydrogen-bond donors (Lipinski definition) is 3. The fourth-order valence-electron chi connectivity index (χ4n) is 3.10. The van der Waals surface area contributed by atoms with Crippen LogP contribution in [-0.2, 0) is 19.6 Å². The zero-order valence-corrected chi connectivity index (χ0v) is 18.2. The standard InChI is InChI=1S/C22H18FN3O4S2/c23-16-8-1-2-9-17(16)26-32(29,30)15-7-5-6-14(12-15)24-21(27)13-20-22(28)25-18-10-3-4-11-19(18)31-20/h1-12,20,26H,13H2,(H,24,27)(H,25,28)/t20-/m1/s1. The predicted molar refractivity (Wildman–Crippen MR) is 122 cm³/mol. The van der Waals surface area contributed by atoms with E-state index >= 15 is 0 Å². The lowest BCUT2D eigenvalue weighted by Crippen LogP contribution is -2.32. The van der Waals surface area contributed by atoms with E-state index in [0.29, 0.717) is 5.69 Å². The molecule has 0 fully saturated rings. The molecular formula is C22H18FN3O4S2. The van der Waals surface area contributed by atoms with Crippen molar-refractivity contribution in [3.8, 4) is 0 Å². The van der Waals surface area contributed by atoms with Gasteiger partial charge in [0.25, 0.3) is 10.0 Å². The van der Waals surface area contributed by atoms with E-state index in [1.807, 2.05) is 18.2 Å². The van der Waals surface area contributed by atoms with Gasteiger partial charge in [-0.3, -0.25) is 14.3 Å². The summed E-state index contributed by atoms with van der Waals surface area (Å²) >= 11 is 1.30. The molecule has 32 heavy (non-hydrogen) atoms. The number of carbonyl (C=O) groups excluding carboxylic acids is 2. The maximum absolute atomic E-state index is 13.8. The molecule has 0 aliphatic carbocycles. The van der Waals surface area contributed by atoms with Crippen LogP contribution in [0.5, 0.6) is 0 Å². The Kier molecular flexibility index (Phi) is 6.15. The summed E-state index contributed by atoms with van der Waals surface area (Å²) in [6.07, 6.45) is -0.0880. The van der Waals surface area contributed by atoms with Gasteiger partial charge in [-0.1, -0.05) is 30.3 Å². The monoisotopic (exact) mass is 471 g/mol. The van der Waals surface area contributed by atoms with Gasteiger partial charge in [-0.15, -0.1) is 11.8 Å². The van der Waals surface area contributed by atoms with Gasteiger partial charge in [0.2, 0.25) is 11.8 Å². The molecule has 3 aromatic carbocycles. The third kappa shape index (κ3) is 4.92. The zero-order valence-electron chi connectivity index (χ0n) is 16.5. The molecule has 1 aliphatic heterocycles. The number of anilines is 3. The third-order valence-electron chi connectivity index (χ3n) is 4.62. The number of carbonyl (C=O) groups is 2. The van der Waals surface area contributed by atoms with Crippen LogP contribution in [0.1, 0.15) is 6.42 Å². The summed E-state index contributed by atoms with van der Waals surface area (Å²) in [7, 11) is -4.07. The highest BCUT2D eigenvalue weighted by Crippen LogP contribution is 2.36. The minimum atomic E-state index is -4.07. The van der Waals surface area contributed by atoms with Gasteiger partial charge < -0.3 is 10.6 Å². The van der Waals surface area contributed by atoms with Crippen molar-refractivity contribution in [2.45, 2.75) is 21.5 Å². The van der Waals surface area contributed by atoms with E-state index in [1.165, 1.54) is 54.2 Å². The van der Waals surface area contributed by atoms with Crippen LogP contribution in [0, 0.1) is 5.82 Å². The van der Waals surface area contributed by atoms with Crippen LogP contribution in [0.25, 0.3) is 0 Å². The van der Waals surface area contributed by atoms with E-state index in [4.69, 9.17) is 0 Å². The van der Waals surface area contributed by atoms with E-state index in [1.54, 1.807) is 6.07 Å². The third-order valence-corrected chi connectivity index (χ3v) is 7.26. The number of halogens is 1. The first kappa shape index (κ1) is 21.8. The summed E-state index contributed by atoms with van der Waals surface area (Å²) < 4.78 is 41.3. The number of nitrogens with one attached hydrogen (secondary N) is 3. The van der Waals surface area contributed by atoms with Crippen molar-refractivity contribution in [2.75, 3.05) is 15.4 Å². The van der Waals surface area contributed by atoms with E-state index in [0.717, 1.165) is 11.0 Å². The maximum atomic E-state index is 13.8. The molecule has 10 heteroatoms. The number of para-hydroxylation sites is 2. The van der Waals surface area contributed by atoms with Gasteiger partial charge in [0.05, 0.1) is 21.5 Å². The number of hydrogen-bond acceptors (Lipinski definition) is 5. The van der Waals surface area contributed by atoms with Crippen molar-refractivity contribution >= 4 is 50.7 Å². The van der Waals surface area contributed by atoms with E-state index in [2.05, 4.69) is 15.4 Å². The lowest BCUT2D eigenvalue weighted by atomic mass is 10.2. The largest absolute Gasteiger partial charge is 0.326 e. The highest BCUT2D eigenvalue weighted by Gasteiger charge is 2.29. The number of benzene rings is 3. The lowest BCUT2D eigenvalue weighted by Gasteiger charge is -2.23. The van der Waals surface area contributed by atoms with Crippen molar-refractivity contribution in [3.05, 3.63) is 78.6 Å². The van der Waals surface area contributed by atoms with Crippen molar-refractivity contribution in [3.63, 3.8) is 0 Å². The number of sulfonamides is 1. The van der Waals surface area contributed by atoms with E-state index in [-0.39, 0.29) is 28.6 Å². The number of amides is 2. The Labute approximate surface area is 188 Å². The summed E-state index contributed by atoms with van der Waals surface area (Å²) in [6.45, 7) is 0. The summed E-state index contributed by atoms with van der Waals surface area (Å²) in [4.78, 5) is 25.5. The van der Waals surface area contributed by atoms with Crippen molar-refractivity contribution in [1.82, 2.24) is 0 Å². The van der Waals surface area contributed by atoms with Gasteiger partial charge in [0.1, 0.15) is 5.82 Å². The van der Waals surface area contributed by atoms with Crippen LogP contribution in [0.3, 0.4) is 0 Å². The van der Waals surface area contributed by atoms with Gasteiger partial charge >= 0.3 is 0 Å². The average Bonchev–Trinajstić information content (AvgIpc) is 2.76. The van der Waals surface area contributed by atoms with Gasteiger partial charge in [0, 0.05) is 17.0 Å². The fourth-order valence-corrected chi connectivity index (χ4v) is 5.32. The maximum Gasteiger partial charge on any atom is 0.262 e. The molecule has 1 heterocycles. The van der Waals surface area contributed by atoms with Gasteiger partial charge in [0.15, 0.2) is 0 Å². The van der Waals surface area contributed by atoms with E-state index < -0.39 is 27.0 Å². The summed E-state index contributed by atoms with van der Waals surface area (Å²) in [5.74, 6) is -1.41. The second-order valence-electron chi connectivity index (χ2n) is 6.96. The van der Waals surface area contributed by atoms with Crippen LogP contribution in [0.4, 0.5) is 21.5 Å². The quantitative estimate of drug-likeness (QED) is 0.503. The fraction of sp³-hybridized carbons (Fsp3) is 0.0909. The number of rotatable bonds is 6. The molecule has 0 unspecified atom stereocenters. The second kappa shape index (κ2) is 9.01. The van der Waals surface area contributed by atoms with Gasteiger partial charge in [-0.05, 0) is 42.5 Å². The minimum absolute atomic E-state index is 0.0880. The molecule has 7 nitrogen and oxygen atoms in total. The smallest absolute Gasteiger partial charge is 0.262 e. The topological polar surface area (TPSA) is 104 Å². The molecule has 0 bridgehead atoms. The van der Waals surface area contributed by atoms with Gasteiger partial charge in [-0.25, -0.2) is 12.8 Å². The Bertz CT molecular complexity index is 1300. The molecule has 3 N–H and O–H groups in total. The molecule has 164 valence electrons. The van der Waals surface area contributed by atoms with Crippen LogP contribution >= 0.6 is 11.8 Å². The molecule has 2 amide bonds. The Morgan fingerprint density at radius 3 is 2.59 bits per heavy atom. The Hall–Kier alpha value is -3.37. The summed E-state index contributed by atoms with van der Waals surface area (Å²) in [5, 5.41) is 4.79. The molecule has 0 saturated carbocycles. The van der Waals surface area contributed by atoms with Crippen molar-refractivity contribution < 1.29 is 22.4 Å². The van der Waals surface area contributed by atoms with Crippen LogP contribution in [0.15, 0.2) is 82.6 Å². The molecule has 0 radical (unpaired) electrons. The first-order chi connectivity index (χ1) is 15.3. The van der Waals surface area contributed by atoms with Crippen LogP contribution < -0.4 is 15.4 Å². The Morgan fingerprint density at radius 1 is 1.03 bits per heavy atom. The highest BCUT2D eigenvalue weighted by atomic mass is 32.2. The van der Waals surface area contributed by atoms with Crippen molar-refractivity contribution in [1.29, 1.82) is 0 Å². The number of thioether (sulfide) groups is 1. The summed E-state index contributed by atoms with van der Waals surface area (Å²) in [6, 6.07) is 18.3.